The molecule has 0 bridgehead atoms. The van der Waals surface area contributed by atoms with E-state index >= 15 is 0 Å². The first-order chi connectivity index (χ1) is 2.81. The maximum absolute atomic E-state index is 8.08. The zero-order valence-electron chi connectivity index (χ0n) is 4.23. The molecular formula is C4H6LiN. The van der Waals surface area contributed by atoms with Crippen molar-refractivity contribution in [3.8, 4) is 6.07 Å². The minimum atomic E-state index is 0.241. The van der Waals surface area contributed by atoms with Crippen molar-refractivity contribution in [2.24, 2.45) is 0 Å². The first-order valence-corrected chi connectivity index (χ1v) is 2.20. The van der Waals surface area contributed by atoms with Crippen molar-refractivity contribution < 1.29 is 0 Å². The molecule has 28 valence electrons. The van der Waals surface area contributed by atoms with Gasteiger partial charge in [0.05, 0.1) is 0 Å². The summed E-state index contributed by atoms with van der Waals surface area (Å²) in [4.78, 5) is 0. The molecule has 0 aromatic heterocycles. The van der Waals surface area contributed by atoms with Crippen LogP contribution in [-0.4, -0.2) is 17.7 Å². The summed E-state index contributed by atoms with van der Waals surface area (Å²) >= 11 is 1.92. The number of hydrogen-bond donors (Lipinski definition) is 0. The van der Waals surface area contributed by atoms with Gasteiger partial charge >= 0.3 is 47.0 Å². The number of nitriles is 1. The summed E-state index contributed by atoms with van der Waals surface area (Å²) in [5.74, 6) is 0. The summed E-state index contributed by atoms with van der Waals surface area (Å²) in [6.45, 7) is 2.01. The zero-order valence-corrected chi connectivity index (χ0v) is 4.23. The Bertz CT molecular complexity index is 64.4. The fourth-order valence-electron chi connectivity index (χ4n) is 0.0913. The topological polar surface area (TPSA) is 23.8 Å². The van der Waals surface area contributed by atoms with Crippen molar-refractivity contribution >= 4 is 17.7 Å². The van der Waals surface area contributed by atoms with Crippen LogP contribution in [0.15, 0.2) is 0 Å². The van der Waals surface area contributed by atoms with Crippen LogP contribution in [0.5, 0.6) is 0 Å². The molecule has 0 rings (SSSR count). The van der Waals surface area contributed by atoms with Crippen LogP contribution in [-0.2, 0) is 0 Å². The van der Waals surface area contributed by atoms with Crippen LogP contribution in [0.1, 0.15) is 13.3 Å². The molecule has 0 N–H and O–H groups in total. The number of rotatable bonds is 1. The van der Waals surface area contributed by atoms with E-state index in [0.717, 1.165) is 6.42 Å². The van der Waals surface area contributed by atoms with E-state index in [2.05, 4.69) is 6.07 Å². The Morgan fingerprint density at radius 1 is 2.00 bits per heavy atom. The monoisotopic (exact) mass is 75.1 g/mol. The van der Waals surface area contributed by atoms with Crippen LogP contribution in [0.4, 0.5) is 0 Å². The third kappa shape index (κ3) is 2.33. The molecule has 0 fully saturated rings. The Hall–Kier alpha value is 0.0874. The standard InChI is InChI=1S/C4H6N.Li/c1-2-3-4-5;/h3H,2H2,1H3;. The van der Waals surface area contributed by atoms with Crippen LogP contribution in [0.3, 0.4) is 0 Å². The fourth-order valence-corrected chi connectivity index (χ4v) is 0.0913. The van der Waals surface area contributed by atoms with Gasteiger partial charge in [-0.1, -0.05) is 0 Å². The molecule has 1 nitrogen and oxygen atoms in total. The first-order valence-electron chi connectivity index (χ1n) is 2.20. The molecule has 0 aromatic carbocycles. The molecule has 6 heavy (non-hydrogen) atoms. The average molecular weight is 75.0 g/mol. The summed E-state index contributed by atoms with van der Waals surface area (Å²) in [6.07, 6.45) is 0.969. The van der Waals surface area contributed by atoms with Crippen molar-refractivity contribution in [1.29, 1.82) is 5.26 Å². The third-order valence-electron chi connectivity index (χ3n) is 0.833. The van der Waals surface area contributed by atoms with Crippen molar-refractivity contribution in [2.75, 3.05) is 0 Å². The second kappa shape index (κ2) is 3.28. The van der Waals surface area contributed by atoms with Crippen molar-refractivity contribution in [2.45, 2.75) is 17.9 Å². The summed E-state index contributed by atoms with van der Waals surface area (Å²) in [6, 6.07) is 2.11. The zero-order chi connectivity index (χ0) is 4.99. The van der Waals surface area contributed by atoms with Crippen molar-refractivity contribution in [3.05, 3.63) is 0 Å². The number of nitrogens with zero attached hydrogens (tertiary/aromatic N) is 1. The Morgan fingerprint density at radius 2 is 2.50 bits per heavy atom. The van der Waals surface area contributed by atoms with E-state index in [-0.39, 0.29) is 4.59 Å². The van der Waals surface area contributed by atoms with Gasteiger partial charge < -0.3 is 0 Å². The molecule has 1 unspecified atom stereocenters. The third-order valence-corrected chi connectivity index (χ3v) is 0.833. The summed E-state index contributed by atoms with van der Waals surface area (Å²) in [7, 11) is 0. The van der Waals surface area contributed by atoms with Gasteiger partial charge in [-0.05, 0) is 0 Å². The Morgan fingerprint density at radius 3 is 2.50 bits per heavy atom. The molecule has 0 saturated carbocycles. The molecule has 0 spiro atoms. The minimum absolute atomic E-state index is 0.241. The van der Waals surface area contributed by atoms with E-state index in [4.69, 9.17) is 5.26 Å². The van der Waals surface area contributed by atoms with Crippen molar-refractivity contribution in [3.63, 3.8) is 0 Å². The molecule has 2 heteroatoms. The van der Waals surface area contributed by atoms with E-state index in [1.165, 1.54) is 0 Å². The number of hydrogen-bond acceptors (Lipinski definition) is 1. The molecule has 0 aliphatic carbocycles. The molecule has 0 heterocycles. The van der Waals surface area contributed by atoms with Crippen LogP contribution in [0.2, 0.25) is 4.59 Å². The molecule has 0 aliphatic heterocycles. The van der Waals surface area contributed by atoms with Gasteiger partial charge in [-0.15, -0.1) is 0 Å². The molecular weight excluding hydrogens is 69.0 g/mol. The summed E-state index contributed by atoms with van der Waals surface area (Å²) in [5.41, 5.74) is 0. The van der Waals surface area contributed by atoms with E-state index in [9.17, 15) is 0 Å². The predicted octanol–water partition coefficient (Wildman–Crippen LogP) is 0.877. The van der Waals surface area contributed by atoms with Gasteiger partial charge in [-0.25, -0.2) is 0 Å². The van der Waals surface area contributed by atoms with E-state index < -0.39 is 0 Å². The molecule has 1 atom stereocenters. The SMILES string of the molecule is [Li][CH](C#N)CC. The van der Waals surface area contributed by atoms with Crippen LogP contribution in [0.25, 0.3) is 0 Å². The molecule has 0 aliphatic rings. The van der Waals surface area contributed by atoms with Gasteiger partial charge in [-0.3, -0.25) is 0 Å². The van der Waals surface area contributed by atoms with Gasteiger partial charge in [0.2, 0.25) is 0 Å². The van der Waals surface area contributed by atoms with Crippen molar-refractivity contribution in [1.82, 2.24) is 0 Å². The maximum atomic E-state index is 8.08. The molecule has 0 amide bonds. The van der Waals surface area contributed by atoms with Gasteiger partial charge in [-0.2, -0.15) is 0 Å². The second-order valence-electron chi connectivity index (χ2n) is 1.44. The summed E-state index contributed by atoms with van der Waals surface area (Å²) < 4.78 is 0.241. The Labute approximate surface area is 47.5 Å². The van der Waals surface area contributed by atoms with Gasteiger partial charge in [0.1, 0.15) is 0 Å². The van der Waals surface area contributed by atoms with E-state index in [0.29, 0.717) is 0 Å². The fraction of sp³-hybridized carbons (Fsp3) is 0.750. The molecule has 0 radical (unpaired) electrons. The quantitative estimate of drug-likeness (QED) is 0.424. The Kier molecular flexibility index (Phi) is 3.33. The molecule has 0 saturated heterocycles. The van der Waals surface area contributed by atoms with E-state index in [1.807, 2.05) is 24.6 Å². The van der Waals surface area contributed by atoms with E-state index in [1.54, 1.807) is 0 Å². The Balaban J connectivity index is 3.04. The van der Waals surface area contributed by atoms with Crippen LogP contribution >= 0.6 is 0 Å². The first kappa shape index (κ1) is 6.09. The normalized spacial score (nSPS) is 13.0. The van der Waals surface area contributed by atoms with Crippen LogP contribution in [0, 0.1) is 11.3 Å². The average Bonchev–Trinajstić information content (AvgIpc) is 1.65. The van der Waals surface area contributed by atoms with Gasteiger partial charge in [0.15, 0.2) is 0 Å². The second-order valence-corrected chi connectivity index (χ2v) is 1.44. The predicted molar refractivity (Wildman–Crippen MR) is 25.4 cm³/mol. The van der Waals surface area contributed by atoms with Gasteiger partial charge in [0.25, 0.3) is 0 Å². The van der Waals surface area contributed by atoms with Crippen LogP contribution < -0.4 is 0 Å². The summed E-state index contributed by atoms with van der Waals surface area (Å²) in [5, 5.41) is 8.08. The molecule has 0 aromatic rings. The van der Waals surface area contributed by atoms with Gasteiger partial charge in [0, 0.05) is 0 Å².